The molecule has 0 aliphatic carbocycles. The van der Waals surface area contributed by atoms with Crippen molar-refractivity contribution in [3.8, 4) is 0 Å². The van der Waals surface area contributed by atoms with E-state index in [2.05, 4.69) is 4.10 Å². The fraction of sp³-hybridized carbons (Fsp3) is 1.00. The molecule has 0 aliphatic heterocycles. The molecule has 0 aromatic heterocycles. The van der Waals surface area contributed by atoms with Gasteiger partial charge in [-0.3, -0.25) is 4.32 Å². The van der Waals surface area contributed by atoms with Crippen LogP contribution in [0.25, 0.3) is 0 Å². The summed E-state index contributed by atoms with van der Waals surface area (Å²) in [5, 5.41) is 0. The van der Waals surface area contributed by atoms with Crippen LogP contribution in [0.1, 0.15) is 0 Å². The molecule has 0 spiro atoms. The predicted molar refractivity (Wildman–Crippen MR) is 41.2 cm³/mol. The lowest BCUT2D eigenvalue weighted by molar-refractivity contribution is -0.0682. The van der Waals surface area contributed by atoms with E-state index in [1.54, 1.807) is 0 Å². The van der Waals surface area contributed by atoms with Crippen LogP contribution in [0.5, 0.6) is 0 Å². The van der Waals surface area contributed by atoms with E-state index in [-0.39, 0.29) is 0 Å². The number of alkyl halides is 5. The van der Waals surface area contributed by atoms with Gasteiger partial charge >= 0.3 is 17.9 Å². The maximum absolute atomic E-state index is 12.4. The smallest absolute Gasteiger partial charge is 0.611 e. The van der Waals surface area contributed by atoms with Gasteiger partial charge in [-0.1, -0.05) is 0 Å². The van der Waals surface area contributed by atoms with Gasteiger partial charge in [0.2, 0.25) is 0 Å². The molecule has 0 saturated carbocycles. The molecule has 0 aromatic rings. The molecule has 12 heteroatoms. The zero-order valence-electron chi connectivity index (χ0n) is 6.89. The number of rotatable bonds is 4. The maximum Gasteiger partial charge on any atom is 0.628 e. The van der Waals surface area contributed by atoms with Crippen molar-refractivity contribution in [3.63, 3.8) is 0 Å². The van der Waals surface area contributed by atoms with Crippen LogP contribution < -0.4 is 0 Å². The van der Waals surface area contributed by atoms with Crippen LogP contribution in [0.3, 0.4) is 0 Å². The van der Waals surface area contributed by atoms with Crippen LogP contribution in [0.15, 0.2) is 0 Å². The summed E-state index contributed by atoms with van der Waals surface area (Å²) in [5.74, 6) is 0. The summed E-state index contributed by atoms with van der Waals surface area (Å²) in [7, 11) is -4.12. The highest BCUT2D eigenvalue weighted by atomic mass is 32.3. The van der Waals surface area contributed by atoms with Gasteiger partial charge in [-0.25, -0.2) is 4.21 Å². The van der Waals surface area contributed by atoms with Crippen molar-refractivity contribution in [1.82, 2.24) is 0 Å². The van der Waals surface area contributed by atoms with Crippen LogP contribution in [-0.2, 0) is 26.4 Å². The van der Waals surface area contributed by atoms with Crippen molar-refractivity contribution < 1.29 is 39.1 Å². The predicted octanol–water partition coefficient (Wildman–Crippen LogP) is 1.15. The Kier molecular flexibility index (Phi) is 4.95. The minimum absolute atomic E-state index is 0.391. The van der Waals surface area contributed by atoms with Gasteiger partial charge in [-0.15, -0.1) is 8.78 Å². The summed E-state index contributed by atoms with van der Waals surface area (Å²) in [6.07, 6.45) is -5.18. The van der Waals surface area contributed by atoms with Crippen molar-refractivity contribution in [2.24, 2.45) is 0 Å². The molecule has 0 heterocycles. The van der Waals surface area contributed by atoms with Gasteiger partial charge in [0, 0.05) is 11.2 Å². The molecule has 0 amide bonds. The molecular weight excluding hydrogens is 273 g/mol. The number of hydrogen-bond donors (Lipinski definition) is 0. The average Bonchev–Trinajstić information content (AvgIpc) is 2.01. The lowest BCUT2D eigenvalue weighted by atomic mass is 9.96. The minimum atomic E-state index is -5.57. The molecule has 2 unspecified atom stereocenters. The Morgan fingerprint density at radius 3 is 2.00 bits per heavy atom. The van der Waals surface area contributed by atoms with E-state index in [4.69, 9.17) is 0 Å². The molecular formula is C3H3BF6O3S2. The van der Waals surface area contributed by atoms with Crippen molar-refractivity contribution in [1.29, 1.82) is 0 Å². The molecule has 0 N–H and O–H groups in total. The van der Waals surface area contributed by atoms with E-state index in [1.165, 1.54) is 0 Å². The Hall–Kier alpha value is 0.0649. The molecule has 0 aromatic carbocycles. The Morgan fingerprint density at radius 1 is 1.33 bits per heavy atom. The first-order valence-electron chi connectivity index (χ1n) is 3.00. The van der Waals surface area contributed by atoms with Crippen LogP contribution in [-0.4, -0.2) is 32.9 Å². The van der Waals surface area contributed by atoms with Gasteiger partial charge in [-0.2, -0.15) is 13.2 Å². The van der Waals surface area contributed by atoms with E-state index in [0.29, 0.717) is 6.26 Å². The summed E-state index contributed by atoms with van der Waals surface area (Å²) < 4.78 is 90.1. The van der Waals surface area contributed by atoms with Crippen molar-refractivity contribution >= 4 is 29.4 Å². The molecule has 0 bridgehead atoms. The fourth-order valence-electron chi connectivity index (χ4n) is 0.283. The lowest BCUT2D eigenvalue weighted by Gasteiger charge is -2.16. The zero-order valence-corrected chi connectivity index (χ0v) is 8.52. The molecule has 3 nitrogen and oxygen atoms in total. The van der Waals surface area contributed by atoms with Gasteiger partial charge in [-0.05, 0) is 0 Å². The highest BCUT2D eigenvalue weighted by Crippen LogP contribution is 2.29. The van der Waals surface area contributed by atoms with Crippen LogP contribution in [0.2, 0.25) is 0 Å². The topological polar surface area (TPSA) is 49.4 Å². The molecule has 90 valence electrons. The lowest BCUT2D eigenvalue weighted by Crippen LogP contribution is -2.40. The van der Waals surface area contributed by atoms with Crippen molar-refractivity contribution in [2.75, 3.05) is 6.26 Å². The van der Waals surface area contributed by atoms with Gasteiger partial charge in [0.15, 0.2) is 0 Å². The quantitative estimate of drug-likeness (QED) is 0.439. The van der Waals surface area contributed by atoms with Crippen LogP contribution >= 0.6 is 0 Å². The maximum atomic E-state index is 12.4. The third kappa shape index (κ3) is 4.21. The Balaban J connectivity index is 4.51. The average molecular weight is 276 g/mol. The van der Waals surface area contributed by atoms with E-state index in [9.17, 15) is 35.0 Å². The normalized spacial score (nSPS) is 17.3. The summed E-state index contributed by atoms with van der Waals surface area (Å²) in [6.45, 7) is 0. The molecule has 0 radical (unpaired) electrons. The van der Waals surface area contributed by atoms with E-state index >= 15 is 0 Å². The van der Waals surface area contributed by atoms with Crippen molar-refractivity contribution in [3.05, 3.63) is 0 Å². The van der Waals surface area contributed by atoms with E-state index in [1.807, 2.05) is 0 Å². The molecule has 2 atom stereocenters. The summed E-state index contributed by atoms with van der Waals surface area (Å²) in [4.78, 5) is 0. The third-order valence-corrected chi connectivity index (χ3v) is 3.47. The second-order valence-corrected chi connectivity index (χ2v) is 4.96. The van der Waals surface area contributed by atoms with Gasteiger partial charge in [0.1, 0.15) is 6.26 Å². The SMILES string of the molecule is C[S+]([O-])C(F)(F)S(=O)OB(F)C(F)(F)F. The van der Waals surface area contributed by atoms with E-state index in [0.717, 1.165) is 0 Å². The highest BCUT2D eigenvalue weighted by Gasteiger charge is 2.57. The largest absolute Gasteiger partial charge is 0.628 e. The first-order chi connectivity index (χ1) is 6.49. The molecule has 0 fully saturated rings. The van der Waals surface area contributed by atoms with Crippen LogP contribution in [0, 0.1) is 0 Å². The standard InChI is InChI=1S/C3H3BF6O3S2/c1-14(11)3(8,9)15(12)13-4(10)2(5,6)7/h1H3. The second kappa shape index (κ2) is 4.93. The van der Waals surface area contributed by atoms with Gasteiger partial charge in [0.05, 0.1) is 0 Å². The second-order valence-electron chi connectivity index (χ2n) is 2.11. The van der Waals surface area contributed by atoms with Crippen LogP contribution in [0.4, 0.5) is 26.3 Å². The van der Waals surface area contributed by atoms with Gasteiger partial charge < -0.3 is 8.65 Å². The summed E-state index contributed by atoms with van der Waals surface area (Å²) >= 11 is -7.01. The van der Waals surface area contributed by atoms with Gasteiger partial charge in [0.25, 0.3) is 11.1 Å². The Morgan fingerprint density at radius 2 is 1.73 bits per heavy atom. The monoisotopic (exact) mass is 276 g/mol. The molecule has 0 rings (SSSR count). The minimum Gasteiger partial charge on any atom is -0.611 e. The molecule has 0 saturated heterocycles. The summed E-state index contributed by atoms with van der Waals surface area (Å²) in [6, 6.07) is 0. The van der Waals surface area contributed by atoms with E-state index < -0.39 is 40.1 Å². The highest BCUT2D eigenvalue weighted by molar-refractivity contribution is 8.05. The Bertz CT molecular complexity index is 244. The molecule has 15 heavy (non-hydrogen) atoms. The third-order valence-electron chi connectivity index (χ3n) is 0.958. The number of halogens is 6. The first-order valence-corrected chi connectivity index (χ1v) is 5.64. The fourth-order valence-corrected chi connectivity index (χ4v) is 1.54. The zero-order chi connectivity index (χ0) is 12.4. The van der Waals surface area contributed by atoms with Crippen molar-refractivity contribution in [2.45, 2.75) is 10.7 Å². The first kappa shape index (κ1) is 15.1. The Labute approximate surface area is 86.2 Å². The molecule has 0 aliphatic rings. The summed E-state index contributed by atoms with van der Waals surface area (Å²) in [5.41, 5.74) is 0. The number of hydrogen-bond acceptors (Lipinski definition) is 3.